The van der Waals surface area contributed by atoms with Gasteiger partial charge in [-0.3, -0.25) is 9.88 Å². The molecule has 1 aromatic heterocycles. The molecule has 2 rings (SSSR count). The van der Waals surface area contributed by atoms with E-state index in [-0.39, 0.29) is 0 Å². The Morgan fingerprint density at radius 1 is 1.53 bits per heavy atom. The third kappa shape index (κ3) is 4.02. The second-order valence-electron chi connectivity index (χ2n) is 4.57. The van der Waals surface area contributed by atoms with Crippen LogP contribution in [0.25, 0.3) is 0 Å². The summed E-state index contributed by atoms with van der Waals surface area (Å²) in [5.74, 6) is 0. The smallest absolute Gasteiger partial charge is 0.0686 e. The van der Waals surface area contributed by atoms with Crippen molar-refractivity contribution in [3.63, 3.8) is 0 Å². The molecule has 0 bridgehead atoms. The van der Waals surface area contributed by atoms with Crippen molar-refractivity contribution in [2.24, 2.45) is 0 Å². The molecule has 0 spiro atoms. The lowest BCUT2D eigenvalue weighted by molar-refractivity contribution is 0.289. The van der Waals surface area contributed by atoms with Crippen LogP contribution in [0.1, 0.15) is 18.5 Å². The zero-order valence-corrected chi connectivity index (χ0v) is 13.1. The summed E-state index contributed by atoms with van der Waals surface area (Å²) < 4.78 is 2.08. The Hall–Kier alpha value is 0.0300. The van der Waals surface area contributed by atoms with Crippen molar-refractivity contribution in [1.29, 1.82) is 0 Å². The van der Waals surface area contributed by atoms with E-state index in [9.17, 15) is 0 Å². The Bertz CT molecular complexity index is 378. The first-order chi connectivity index (χ1) is 8.15. The fraction of sp³-hybridized carbons (Fsp3) is 0.583. The third-order valence-electron chi connectivity index (χ3n) is 3.00. The number of hydrogen-bond acceptors (Lipinski definition) is 3. The topological polar surface area (TPSA) is 28.2 Å². The van der Waals surface area contributed by atoms with E-state index in [1.54, 1.807) is 0 Å². The van der Waals surface area contributed by atoms with Crippen molar-refractivity contribution < 1.29 is 0 Å². The van der Waals surface area contributed by atoms with E-state index in [1.165, 1.54) is 19.4 Å². The summed E-state index contributed by atoms with van der Waals surface area (Å²) in [5.41, 5.74) is 1.09. The minimum Gasteiger partial charge on any atom is -0.313 e. The third-order valence-corrected chi connectivity index (χ3v) is 4.12. The van der Waals surface area contributed by atoms with Crippen molar-refractivity contribution in [1.82, 2.24) is 15.2 Å². The van der Waals surface area contributed by atoms with Crippen molar-refractivity contribution in [2.75, 3.05) is 20.1 Å². The Kier molecular flexibility index (Phi) is 4.97. The van der Waals surface area contributed by atoms with E-state index in [0.29, 0.717) is 6.04 Å². The summed E-state index contributed by atoms with van der Waals surface area (Å²) in [7, 11) is 2.15. The van der Waals surface area contributed by atoms with Crippen LogP contribution in [0.2, 0.25) is 0 Å². The van der Waals surface area contributed by atoms with E-state index >= 15 is 0 Å². The number of nitrogens with one attached hydrogen (secondary N) is 1. The monoisotopic (exact) mass is 361 g/mol. The van der Waals surface area contributed by atoms with Crippen LogP contribution in [0.5, 0.6) is 0 Å². The molecular formula is C12H17Br2N3. The van der Waals surface area contributed by atoms with Crippen LogP contribution in [0.15, 0.2) is 21.2 Å². The van der Waals surface area contributed by atoms with Gasteiger partial charge in [0.15, 0.2) is 0 Å². The highest BCUT2D eigenvalue weighted by molar-refractivity contribution is 9.11. The second-order valence-corrected chi connectivity index (χ2v) is 6.34. The first-order valence-corrected chi connectivity index (χ1v) is 7.45. The van der Waals surface area contributed by atoms with Gasteiger partial charge < -0.3 is 5.32 Å². The molecule has 0 saturated carbocycles. The summed E-state index contributed by atoms with van der Waals surface area (Å²) in [6.07, 6.45) is 4.44. The largest absolute Gasteiger partial charge is 0.313 e. The highest BCUT2D eigenvalue weighted by atomic mass is 79.9. The molecule has 2 heterocycles. The summed E-state index contributed by atoms with van der Waals surface area (Å²) >= 11 is 6.97. The van der Waals surface area contributed by atoms with Crippen molar-refractivity contribution in [2.45, 2.75) is 25.4 Å². The number of pyridine rings is 1. The molecule has 17 heavy (non-hydrogen) atoms. The molecule has 1 atom stereocenters. The van der Waals surface area contributed by atoms with Crippen LogP contribution in [0.3, 0.4) is 0 Å². The number of likely N-dealkylation sites (N-methyl/N-ethyl adjacent to an activating group) is 1. The molecule has 1 aliphatic rings. The predicted molar refractivity (Wildman–Crippen MR) is 77.0 cm³/mol. The number of aromatic nitrogens is 1. The molecular weight excluding hydrogens is 346 g/mol. The van der Waals surface area contributed by atoms with Crippen LogP contribution >= 0.6 is 31.9 Å². The van der Waals surface area contributed by atoms with Gasteiger partial charge in [-0.15, -0.1) is 0 Å². The molecule has 1 saturated heterocycles. The van der Waals surface area contributed by atoms with E-state index in [4.69, 9.17) is 0 Å². The lowest BCUT2D eigenvalue weighted by Gasteiger charge is -2.21. The van der Waals surface area contributed by atoms with Crippen LogP contribution in [-0.4, -0.2) is 36.1 Å². The van der Waals surface area contributed by atoms with Crippen molar-refractivity contribution in [3.8, 4) is 0 Å². The Labute approximate surface area is 119 Å². The molecule has 0 aliphatic carbocycles. The summed E-state index contributed by atoms with van der Waals surface area (Å²) in [4.78, 5) is 6.76. The van der Waals surface area contributed by atoms with Crippen LogP contribution in [0.4, 0.5) is 0 Å². The van der Waals surface area contributed by atoms with Gasteiger partial charge >= 0.3 is 0 Å². The van der Waals surface area contributed by atoms with Gasteiger partial charge in [0.2, 0.25) is 0 Å². The fourth-order valence-electron chi connectivity index (χ4n) is 2.17. The molecule has 1 unspecified atom stereocenters. The number of halogens is 2. The average molecular weight is 363 g/mol. The lowest BCUT2D eigenvalue weighted by Crippen LogP contribution is -2.35. The van der Waals surface area contributed by atoms with Crippen molar-refractivity contribution in [3.05, 3.63) is 26.9 Å². The quantitative estimate of drug-likeness (QED) is 0.892. The molecule has 1 fully saturated rings. The Morgan fingerprint density at radius 3 is 3.00 bits per heavy atom. The predicted octanol–water partition coefficient (Wildman–Crippen LogP) is 2.79. The van der Waals surface area contributed by atoms with E-state index < -0.39 is 0 Å². The molecule has 5 heteroatoms. The zero-order chi connectivity index (χ0) is 12.3. The molecule has 1 aliphatic heterocycles. The summed E-state index contributed by atoms with van der Waals surface area (Å²) in [5, 5.41) is 3.52. The number of rotatable bonds is 4. The standard InChI is InChI=1S/C12H17Br2N3/c1-17(7-10-3-2-4-15-10)8-12-11(14)5-9(13)6-16-12/h5-6,10,15H,2-4,7-8H2,1H3. The van der Waals surface area contributed by atoms with Crippen LogP contribution in [0, 0.1) is 0 Å². The van der Waals surface area contributed by atoms with Gasteiger partial charge in [0.25, 0.3) is 0 Å². The number of hydrogen-bond donors (Lipinski definition) is 1. The maximum atomic E-state index is 4.44. The van der Waals surface area contributed by atoms with Gasteiger partial charge in [0.1, 0.15) is 0 Å². The molecule has 0 aromatic carbocycles. The van der Waals surface area contributed by atoms with Crippen molar-refractivity contribution >= 4 is 31.9 Å². The normalized spacial score (nSPS) is 20.1. The molecule has 0 radical (unpaired) electrons. The van der Waals surface area contributed by atoms with E-state index in [0.717, 1.165) is 27.7 Å². The van der Waals surface area contributed by atoms with Gasteiger partial charge in [-0.1, -0.05) is 0 Å². The molecule has 0 amide bonds. The maximum absolute atomic E-state index is 4.44. The Balaban J connectivity index is 1.90. The maximum Gasteiger partial charge on any atom is 0.0686 e. The fourth-order valence-corrected chi connectivity index (χ4v) is 3.28. The Morgan fingerprint density at radius 2 is 2.35 bits per heavy atom. The molecule has 1 N–H and O–H groups in total. The lowest BCUT2D eigenvalue weighted by atomic mass is 10.2. The highest BCUT2D eigenvalue weighted by Crippen LogP contribution is 2.20. The number of nitrogens with zero attached hydrogens (tertiary/aromatic N) is 2. The van der Waals surface area contributed by atoms with Crippen LogP contribution < -0.4 is 5.32 Å². The minimum atomic E-state index is 0.647. The highest BCUT2D eigenvalue weighted by Gasteiger charge is 2.16. The summed E-state index contributed by atoms with van der Waals surface area (Å²) in [6.45, 7) is 3.13. The molecule has 1 aromatic rings. The van der Waals surface area contributed by atoms with Gasteiger partial charge in [-0.2, -0.15) is 0 Å². The van der Waals surface area contributed by atoms with Gasteiger partial charge in [0.05, 0.1) is 5.69 Å². The van der Waals surface area contributed by atoms with Gasteiger partial charge in [-0.05, 0) is 64.4 Å². The van der Waals surface area contributed by atoms with Gasteiger partial charge in [0, 0.05) is 34.3 Å². The van der Waals surface area contributed by atoms with E-state index in [2.05, 4.69) is 54.1 Å². The SMILES string of the molecule is CN(Cc1ncc(Br)cc1Br)CC1CCCN1. The van der Waals surface area contributed by atoms with E-state index in [1.807, 2.05) is 12.3 Å². The van der Waals surface area contributed by atoms with Gasteiger partial charge in [-0.25, -0.2) is 0 Å². The van der Waals surface area contributed by atoms with Crippen LogP contribution in [-0.2, 0) is 6.54 Å². The second kappa shape index (κ2) is 6.27. The first kappa shape index (κ1) is 13.5. The summed E-state index contributed by atoms with van der Waals surface area (Å²) in [6, 6.07) is 2.69. The average Bonchev–Trinajstić information content (AvgIpc) is 2.75. The zero-order valence-electron chi connectivity index (χ0n) is 9.92. The first-order valence-electron chi connectivity index (χ1n) is 5.87. The minimum absolute atomic E-state index is 0.647. The molecule has 3 nitrogen and oxygen atoms in total. The molecule has 94 valence electrons.